The van der Waals surface area contributed by atoms with Gasteiger partial charge in [-0.15, -0.1) is 11.3 Å². The van der Waals surface area contributed by atoms with Crippen LogP contribution in [0.2, 0.25) is 0 Å². The van der Waals surface area contributed by atoms with Crippen molar-refractivity contribution in [2.75, 3.05) is 19.7 Å². The lowest BCUT2D eigenvalue weighted by atomic mass is 10.6. The lowest BCUT2D eigenvalue weighted by Gasteiger charge is -2.01. The van der Waals surface area contributed by atoms with E-state index in [0.29, 0.717) is 11.6 Å². The number of nitrogens with one attached hydrogen (secondary N) is 1. The Morgan fingerprint density at radius 2 is 2.54 bits per heavy atom. The summed E-state index contributed by atoms with van der Waals surface area (Å²) in [4.78, 5) is 11.0. The second kappa shape index (κ2) is 5.69. The first-order valence-electron chi connectivity index (χ1n) is 3.88. The van der Waals surface area contributed by atoms with Crippen LogP contribution in [0.4, 0.5) is 0 Å². The predicted molar refractivity (Wildman–Crippen MR) is 49.9 cm³/mol. The van der Waals surface area contributed by atoms with Gasteiger partial charge in [0.1, 0.15) is 0 Å². The van der Waals surface area contributed by atoms with Gasteiger partial charge in [-0.25, -0.2) is 0 Å². The van der Waals surface area contributed by atoms with Crippen molar-refractivity contribution in [3.63, 3.8) is 0 Å². The maximum atomic E-state index is 11.0. The molecule has 1 aromatic rings. The van der Waals surface area contributed by atoms with Gasteiger partial charge in [0.2, 0.25) is 0 Å². The van der Waals surface area contributed by atoms with Crippen molar-refractivity contribution in [2.24, 2.45) is 0 Å². The fraction of sp³-hybridized carbons (Fsp3) is 0.375. The minimum atomic E-state index is -0.337. The number of carbonyl (C=O) groups is 1. The summed E-state index contributed by atoms with van der Waals surface area (Å²) in [5.74, 6) is -0.337. The second-order valence-corrected chi connectivity index (χ2v) is 3.22. The molecule has 0 amide bonds. The van der Waals surface area contributed by atoms with E-state index in [-0.39, 0.29) is 19.1 Å². The minimum absolute atomic E-state index is 0.0201. The molecule has 0 aliphatic heterocycles. The zero-order valence-corrected chi connectivity index (χ0v) is 7.84. The zero-order valence-electron chi connectivity index (χ0n) is 7.03. The van der Waals surface area contributed by atoms with E-state index in [0.717, 1.165) is 0 Å². The van der Waals surface area contributed by atoms with Gasteiger partial charge in [0, 0.05) is 6.54 Å². The fourth-order valence-electron chi connectivity index (χ4n) is 0.739. The van der Waals surface area contributed by atoms with Gasteiger partial charge in [0.05, 0.1) is 13.2 Å². The van der Waals surface area contributed by atoms with E-state index in [9.17, 15) is 4.79 Å². The Morgan fingerprint density at radius 3 is 3.15 bits per heavy atom. The zero-order chi connectivity index (χ0) is 9.52. The first-order chi connectivity index (χ1) is 6.33. The van der Waals surface area contributed by atoms with Crippen LogP contribution in [0.1, 0.15) is 0 Å². The van der Waals surface area contributed by atoms with Crippen LogP contribution in [0.25, 0.3) is 0 Å². The number of esters is 1. The third-order valence-corrected chi connectivity index (χ3v) is 2.01. The van der Waals surface area contributed by atoms with Crippen molar-refractivity contribution in [1.29, 1.82) is 0 Å². The van der Waals surface area contributed by atoms with E-state index in [1.807, 2.05) is 11.4 Å². The Hall–Kier alpha value is -0.910. The Balaban J connectivity index is 2.18. The summed E-state index contributed by atoms with van der Waals surface area (Å²) in [5, 5.41) is 13.6. The molecule has 0 saturated carbocycles. The number of hydrogen-bond acceptors (Lipinski definition) is 5. The summed E-state index contributed by atoms with van der Waals surface area (Å²) >= 11 is 1.37. The highest BCUT2D eigenvalue weighted by Crippen LogP contribution is 2.17. The second-order valence-electron chi connectivity index (χ2n) is 2.31. The highest BCUT2D eigenvalue weighted by Gasteiger charge is 2.03. The largest absolute Gasteiger partial charge is 0.414 e. The number of hydrogen-bond donors (Lipinski definition) is 2. The van der Waals surface area contributed by atoms with E-state index in [4.69, 9.17) is 9.84 Å². The van der Waals surface area contributed by atoms with E-state index in [1.165, 1.54) is 11.3 Å². The number of carbonyl (C=O) groups excluding carboxylic acids is 1. The quantitative estimate of drug-likeness (QED) is 0.529. The van der Waals surface area contributed by atoms with Crippen LogP contribution in [-0.4, -0.2) is 30.8 Å². The molecular weight excluding hydrogens is 190 g/mol. The predicted octanol–water partition coefficient (Wildman–Crippen LogP) is 0.235. The van der Waals surface area contributed by atoms with Gasteiger partial charge in [-0.3, -0.25) is 4.79 Å². The topological polar surface area (TPSA) is 58.6 Å². The molecule has 13 heavy (non-hydrogen) atoms. The minimum Gasteiger partial charge on any atom is -0.414 e. The molecule has 72 valence electrons. The maximum Gasteiger partial charge on any atom is 0.326 e. The molecule has 0 saturated heterocycles. The Kier molecular flexibility index (Phi) is 4.45. The van der Waals surface area contributed by atoms with Crippen molar-refractivity contribution in [1.82, 2.24) is 5.32 Å². The molecule has 0 bridgehead atoms. The lowest BCUT2D eigenvalue weighted by Crippen LogP contribution is -2.28. The SMILES string of the molecule is O=C(CNCCO)Oc1cccs1. The summed E-state index contributed by atoms with van der Waals surface area (Å²) < 4.78 is 4.94. The summed E-state index contributed by atoms with van der Waals surface area (Å²) in [6.45, 7) is 0.546. The first-order valence-corrected chi connectivity index (χ1v) is 4.76. The number of thiophene rings is 1. The van der Waals surface area contributed by atoms with E-state index in [1.54, 1.807) is 6.07 Å². The van der Waals surface area contributed by atoms with Crippen LogP contribution in [0.15, 0.2) is 17.5 Å². The first kappa shape index (κ1) is 10.2. The number of aliphatic hydroxyl groups is 1. The van der Waals surface area contributed by atoms with Crippen LogP contribution in [-0.2, 0) is 4.79 Å². The average molecular weight is 201 g/mol. The van der Waals surface area contributed by atoms with Crippen molar-refractivity contribution in [2.45, 2.75) is 0 Å². The molecule has 0 aliphatic carbocycles. The Bertz CT molecular complexity index is 248. The van der Waals surface area contributed by atoms with Crippen LogP contribution >= 0.6 is 11.3 Å². The average Bonchev–Trinajstić information content (AvgIpc) is 2.57. The fourth-order valence-corrected chi connectivity index (χ4v) is 1.33. The van der Waals surface area contributed by atoms with Crippen LogP contribution in [0, 0.1) is 0 Å². The normalized spacial score (nSPS) is 9.92. The van der Waals surface area contributed by atoms with E-state index in [2.05, 4.69) is 5.32 Å². The molecule has 5 heteroatoms. The molecule has 4 nitrogen and oxygen atoms in total. The van der Waals surface area contributed by atoms with Gasteiger partial charge >= 0.3 is 5.97 Å². The molecular formula is C8H11NO3S. The van der Waals surface area contributed by atoms with Crippen LogP contribution in [0.5, 0.6) is 5.06 Å². The molecule has 0 aliphatic rings. The van der Waals surface area contributed by atoms with Crippen LogP contribution in [0.3, 0.4) is 0 Å². The summed E-state index contributed by atoms with van der Waals surface area (Å²) in [5.41, 5.74) is 0. The number of aliphatic hydroxyl groups excluding tert-OH is 1. The van der Waals surface area contributed by atoms with Gasteiger partial charge in [0.15, 0.2) is 5.06 Å². The lowest BCUT2D eigenvalue weighted by molar-refractivity contribution is -0.133. The summed E-state index contributed by atoms with van der Waals surface area (Å²) in [6, 6.07) is 3.54. The molecule has 0 unspecified atom stereocenters. The molecule has 2 N–H and O–H groups in total. The molecule has 1 rings (SSSR count). The maximum absolute atomic E-state index is 11.0. The molecule has 1 heterocycles. The number of ether oxygens (including phenoxy) is 1. The standard InChI is InChI=1S/C8H11NO3S/c10-4-3-9-6-7(11)12-8-2-1-5-13-8/h1-2,5,9-10H,3-4,6H2. The van der Waals surface area contributed by atoms with Crippen molar-refractivity contribution in [3.8, 4) is 5.06 Å². The van der Waals surface area contributed by atoms with Crippen molar-refractivity contribution >= 4 is 17.3 Å². The summed E-state index contributed by atoms with van der Waals surface area (Å²) in [7, 11) is 0. The highest BCUT2D eigenvalue weighted by atomic mass is 32.1. The van der Waals surface area contributed by atoms with Gasteiger partial charge in [-0.1, -0.05) is 0 Å². The van der Waals surface area contributed by atoms with E-state index >= 15 is 0 Å². The van der Waals surface area contributed by atoms with Crippen molar-refractivity contribution < 1.29 is 14.6 Å². The van der Waals surface area contributed by atoms with Crippen molar-refractivity contribution in [3.05, 3.63) is 17.5 Å². The molecule has 0 atom stereocenters. The van der Waals surface area contributed by atoms with Gasteiger partial charge in [-0.05, 0) is 17.5 Å². The van der Waals surface area contributed by atoms with E-state index < -0.39 is 0 Å². The molecule has 0 aromatic carbocycles. The molecule has 0 fully saturated rings. The Morgan fingerprint density at radius 1 is 1.69 bits per heavy atom. The van der Waals surface area contributed by atoms with Crippen LogP contribution < -0.4 is 10.1 Å². The Labute approximate surface area is 80.2 Å². The van der Waals surface area contributed by atoms with Gasteiger partial charge in [-0.2, -0.15) is 0 Å². The monoisotopic (exact) mass is 201 g/mol. The summed E-state index contributed by atoms with van der Waals surface area (Å²) in [6.07, 6.45) is 0. The molecule has 0 spiro atoms. The van der Waals surface area contributed by atoms with Gasteiger partial charge in [0.25, 0.3) is 0 Å². The third-order valence-electron chi connectivity index (χ3n) is 1.27. The highest BCUT2D eigenvalue weighted by molar-refractivity contribution is 7.11. The third kappa shape index (κ3) is 4.02. The number of rotatable bonds is 5. The van der Waals surface area contributed by atoms with Gasteiger partial charge < -0.3 is 15.2 Å². The smallest absolute Gasteiger partial charge is 0.326 e. The molecule has 1 aromatic heterocycles. The molecule has 0 radical (unpaired) electrons.